The van der Waals surface area contributed by atoms with Crippen LogP contribution in [0.3, 0.4) is 0 Å². The lowest BCUT2D eigenvalue weighted by Crippen LogP contribution is -2.34. The molecule has 106 valence electrons. The van der Waals surface area contributed by atoms with Gasteiger partial charge in [0.15, 0.2) is 0 Å². The molecule has 2 rings (SSSR count). The van der Waals surface area contributed by atoms with Gasteiger partial charge < -0.3 is 15.7 Å². The van der Waals surface area contributed by atoms with E-state index in [2.05, 4.69) is 10.6 Å². The van der Waals surface area contributed by atoms with Crippen LogP contribution in [0.2, 0.25) is 10.0 Å². The lowest BCUT2D eigenvalue weighted by Gasteiger charge is -2.14. The average molecular weight is 326 g/mol. The zero-order chi connectivity index (χ0) is 13.1. The second kappa shape index (κ2) is 7.31. The number of benzene rings is 1. The summed E-state index contributed by atoms with van der Waals surface area (Å²) in [6.07, 6.45) is -0.411. The first-order valence-electron chi connectivity index (χ1n) is 5.70. The number of hydrogen-bond donors (Lipinski definition) is 3. The van der Waals surface area contributed by atoms with Crippen LogP contribution < -0.4 is 10.6 Å². The van der Waals surface area contributed by atoms with Crippen molar-refractivity contribution in [3.63, 3.8) is 0 Å². The Bertz CT molecular complexity index is 457. The number of carbonyl (C=O) groups is 1. The van der Waals surface area contributed by atoms with E-state index in [1.165, 1.54) is 6.07 Å². The van der Waals surface area contributed by atoms with Gasteiger partial charge in [0.25, 0.3) is 5.91 Å². The SMILES string of the molecule is Cl.O=C(NCC1CNCC1O)c1ccc(Cl)cc1Cl. The van der Waals surface area contributed by atoms with Gasteiger partial charge in [0.2, 0.25) is 0 Å². The molecule has 0 bridgehead atoms. The highest BCUT2D eigenvalue weighted by molar-refractivity contribution is 6.36. The van der Waals surface area contributed by atoms with Gasteiger partial charge in [0.1, 0.15) is 0 Å². The minimum atomic E-state index is -0.411. The predicted molar refractivity (Wildman–Crippen MR) is 78.4 cm³/mol. The zero-order valence-electron chi connectivity index (χ0n) is 10.0. The molecule has 1 aliphatic rings. The molecule has 0 spiro atoms. The first kappa shape index (κ1) is 16.5. The first-order valence-corrected chi connectivity index (χ1v) is 6.45. The molecular formula is C12H15Cl3N2O2. The summed E-state index contributed by atoms with van der Waals surface area (Å²) < 4.78 is 0. The van der Waals surface area contributed by atoms with Gasteiger partial charge in [-0.1, -0.05) is 23.2 Å². The molecule has 3 N–H and O–H groups in total. The number of amides is 1. The van der Waals surface area contributed by atoms with Crippen LogP contribution in [0.4, 0.5) is 0 Å². The van der Waals surface area contributed by atoms with Crippen LogP contribution in [0.1, 0.15) is 10.4 Å². The van der Waals surface area contributed by atoms with Gasteiger partial charge in [-0.25, -0.2) is 0 Å². The molecule has 1 aliphatic heterocycles. The summed E-state index contributed by atoms with van der Waals surface area (Å²) in [5.74, 6) is -0.212. The van der Waals surface area contributed by atoms with Crippen molar-refractivity contribution in [1.82, 2.24) is 10.6 Å². The normalized spacial score (nSPS) is 21.8. The molecule has 2 atom stereocenters. The highest BCUT2D eigenvalue weighted by Gasteiger charge is 2.25. The van der Waals surface area contributed by atoms with Gasteiger partial charge in [-0.05, 0) is 18.2 Å². The molecule has 1 saturated heterocycles. The monoisotopic (exact) mass is 324 g/mol. The maximum Gasteiger partial charge on any atom is 0.252 e. The molecule has 1 aromatic rings. The van der Waals surface area contributed by atoms with E-state index < -0.39 is 6.10 Å². The number of carbonyl (C=O) groups excluding carboxylic acids is 1. The third kappa shape index (κ3) is 4.23. The summed E-state index contributed by atoms with van der Waals surface area (Å²) in [5, 5.41) is 16.2. The Hall–Kier alpha value is -0.520. The van der Waals surface area contributed by atoms with E-state index in [9.17, 15) is 9.90 Å². The minimum Gasteiger partial charge on any atom is -0.391 e. The van der Waals surface area contributed by atoms with E-state index in [1.807, 2.05) is 0 Å². The molecule has 0 aromatic heterocycles. The Labute approximate surface area is 127 Å². The topological polar surface area (TPSA) is 61.4 Å². The van der Waals surface area contributed by atoms with Crippen LogP contribution in [0.5, 0.6) is 0 Å². The standard InChI is InChI=1S/C12H14Cl2N2O2.ClH/c13-8-1-2-9(10(14)3-8)12(18)16-5-7-4-15-6-11(7)17;/h1-3,7,11,15,17H,4-6H2,(H,16,18);1H. The van der Waals surface area contributed by atoms with E-state index in [-0.39, 0.29) is 24.2 Å². The maximum absolute atomic E-state index is 11.9. The Balaban J connectivity index is 0.00000180. The first-order chi connectivity index (χ1) is 8.58. The van der Waals surface area contributed by atoms with Crippen molar-refractivity contribution in [2.24, 2.45) is 5.92 Å². The van der Waals surface area contributed by atoms with E-state index in [0.717, 1.165) is 0 Å². The summed E-state index contributed by atoms with van der Waals surface area (Å²) in [4.78, 5) is 11.9. The van der Waals surface area contributed by atoms with E-state index in [4.69, 9.17) is 23.2 Å². The van der Waals surface area contributed by atoms with Gasteiger partial charge in [-0.15, -0.1) is 12.4 Å². The molecule has 4 nitrogen and oxygen atoms in total. The van der Waals surface area contributed by atoms with Crippen LogP contribution >= 0.6 is 35.6 Å². The van der Waals surface area contributed by atoms with E-state index in [1.54, 1.807) is 12.1 Å². The highest BCUT2D eigenvalue weighted by atomic mass is 35.5. The summed E-state index contributed by atoms with van der Waals surface area (Å²) in [7, 11) is 0. The molecule has 1 amide bonds. The Morgan fingerprint density at radius 3 is 2.74 bits per heavy atom. The number of hydrogen-bond acceptors (Lipinski definition) is 3. The van der Waals surface area contributed by atoms with Gasteiger partial charge in [-0.2, -0.15) is 0 Å². The van der Waals surface area contributed by atoms with Crippen LogP contribution in [0, 0.1) is 5.92 Å². The van der Waals surface area contributed by atoms with Crippen molar-refractivity contribution in [3.05, 3.63) is 33.8 Å². The molecule has 0 saturated carbocycles. The molecule has 1 aromatic carbocycles. The summed E-state index contributed by atoms with van der Waals surface area (Å²) in [6, 6.07) is 4.74. The molecule has 7 heteroatoms. The zero-order valence-corrected chi connectivity index (χ0v) is 12.4. The highest BCUT2D eigenvalue weighted by Crippen LogP contribution is 2.20. The van der Waals surface area contributed by atoms with Crippen molar-refractivity contribution in [2.75, 3.05) is 19.6 Å². The van der Waals surface area contributed by atoms with E-state index >= 15 is 0 Å². The van der Waals surface area contributed by atoms with Crippen LogP contribution in [-0.4, -0.2) is 36.8 Å². The van der Waals surface area contributed by atoms with Crippen molar-refractivity contribution < 1.29 is 9.90 Å². The number of halogens is 3. The van der Waals surface area contributed by atoms with Crippen LogP contribution in [0.25, 0.3) is 0 Å². The smallest absolute Gasteiger partial charge is 0.252 e. The quantitative estimate of drug-likeness (QED) is 0.793. The second-order valence-corrected chi connectivity index (χ2v) is 5.16. The van der Waals surface area contributed by atoms with Crippen molar-refractivity contribution in [2.45, 2.75) is 6.10 Å². The van der Waals surface area contributed by atoms with Gasteiger partial charge in [0.05, 0.1) is 16.7 Å². The maximum atomic E-state index is 11.9. The molecule has 2 unspecified atom stereocenters. The van der Waals surface area contributed by atoms with Gasteiger partial charge in [0, 0.05) is 30.6 Å². The third-order valence-corrected chi connectivity index (χ3v) is 3.55. The lowest BCUT2D eigenvalue weighted by atomic mass is 10.1. The molecular weight excluding hydrogens is 311 g/mol. The summed E-state index contributed by atoms with van der Waals surface area (Å²) >= 11 is 11.7. The third-order valence-electron chi connectivity index (χ3n) is 3.00. The molecule has 0 aliphatic carbocycles. The molecule has 0 radical (unpaired) electrons. The number of aliphatic hydroxyl groups is 1. The fraction of sp³-hybridized carbons (Fsp3) is 0.417. The van der Waals surface area contributed by atoms with Gasteiger partial charge >= 0.3 is 0 Å². The number of β-amino-alcohol motifs (C(OH)–C–C–N with tert-alkyl or cyclic N) is 1. The van der Waals surface area contributed by atoms with Crippen molar-refractivity contribution >= 4 is 41.5 Å². The summed E-state index contributed by atoms with van der Waals surface area (Å²) in [5.41, 5.74) is 0.390. The number of rotatable bonds is 3. The lowest BCUT2D eigenvalue weighted by molar-refractivity contribution is 0.0927. The predicted octanol–water partition coefficient (Wildman–Crippen LogP) is 1.73. The van der Waals surface area contributed by atoms with Crippen LogP contribution in [0.15, 0.2) is 18.2 Å². The second-order valence-electron chi connectivity index (χ2n) is 4.32. The number of nitrogens with one attached hydrogen (secondary N) is 2. The fourth-order valence-corrected chi connectivity index (χ4v) is 2.41. The Morgan fingerprint density at radius 2 is 2.16 bits per heavy atom. The summed E-state index contributed by atoms with van der Waals surface area (Å²) in [6.45, 7) is 1.70. The Morgan fingerprint density at radius 1 is 1.42 bits per heavy atom. The largest absolute Gasteiger partial charge is 0.391 e. The molecule has 1 fully saturated rings. The van der Waals surface area contributed by atoms with Crippen molar-refractivity contribution in [3.8, 4) is 0 Å². The molecule has 1 heterocycles. The average Bonchev–Trinajstić information content (AvgIpc) is 2.72. The minimum absolute atomic E-state index is 0. The molecule has 19 heavy (non-hydrogen) atoms. The fourth-order valence-electron chi connectivity index (χ4n) is 1.92. The number of aliphatic hydroxyl groups excluding tert-OH is 1. The van der Waals surface area contributed by atoms with Crippen molar-refractivity contribution in [1.29, 1.82) is 0 Å². The van der Waals surface area contributed by atoms with Crippen LogP contribution in [-0.2, 0) is 0 Å². The van der Waals surface area contributed by atoms with E-state index in [0.29, 0.717) is 35.2 Å². The van der Waals surface area contributed by atoms with Gasteiger partial charge in [-0.3, -0.25) is 4.79 Å². The Kier molecular flexibility index (Phi) is 6.36.